The first-order valence-electron chi connectivity index (χ1n) is 9.85. The van der Waals surface area contributed by atoms with Crippen LogP contribution in [-0.4, -0.2) is 35.2 Å². The molecule has 162 valence electrons. The van der Waals surface area contributed by atoms with E-state index in [2.05, 4.69) is 32.7 Å². The zero-order valence-corrected chi connectivity index (χ0v) is 20.6. The largest absolute Gasteiger partial charge is 0.475 e. The van der Waals surface area contributed by atoms with Crippen molar-refractivity contribution in [1.29, 1.82) is 0 Å². The molecular formula is C22H29IN4O2S. The van der Waals surface area contributed by atoms with E-state index >= 15 is 0 Å². The Hall–Kier alpha value is -1.91. The number of aliphatic hydroxyl groups excluding tert-OH is 1. The summed E-state index contributed by atoms with van der Waals surface area (Å²) in [6.45, 7) is 7.58. The quantitative estimate of drug-likeness (QED) is 0.223. The lowest BCUT2D eigenvalue weighted by molar-refractivity contribution is 0.184. The van der Waals surface area contributed by atoms with Gasteiger partial charge in [-0.1, -0.05) is 24.3 Å². The number of hydrogen-bond acceptors (Lipinski definition) is 5. The van der Waals surface area contributed by atoms with E-state index in [1.807, 2.05) is 51.1 Å². The van der Waals surface area contributed by atoms with Crippen LogP contribution < -0.4 is 15.4 Å². The minimum Gasteiger partial charge on any atom is -0.475 e. The molecule has 1 atom stereocenters. The third kappa shape index (κ3) is 7.10. The fourth-order valence-electron chi connectivity index (χ4n) is 2.79. The molecule has 2 aromatic heterocycles. The van der Waals surface area contributed by atoms with Crippen molar-refractivity contribution >= 4 is 51.4 Å². The summed E-state index contributed by atoms with van der Waals surface area (Å²) >= 11 is 1.62. The molecule has 2 heterocycles. The smallest absolute Gasteiger partial charge is 0.213 e. The van der Waals surface area contributed by atoms with Crippen LogP contribution in [0.3, 0.4) is 0 Å². The number of aromatic nitrogens is 1. The second kappa shape index (κ2) is 12.1. The molecule has 0 radical (unpaired) electrons. The Balaban J connectivity index is 0.00000320. The molecule has 0 amide bonds. The fourth-order valence-corrected chi connectivity index (χ4v) is 3.84. The highest BCUT2D eigenvalue weighted by Gasteiger charge is 2.12. The molecular weight excluding hydrogens is 511 g/mol. The minimum atomic E-state index is -0.592. The van der Waals surface area contributed by atoms with E-state index in [-0.39, 0.29) is 30.1 Å². The normalized spacial score (nSPS) is 12.5. The summed E-state index contributed by atoms with van der Waals surface area (Å²) in [4.78, 5) is 9.84. The second-order valence-electron chi connectivity index (χ2n) is 6.95. The summed E-state index contributed by atoms with van der Waals surface area (Å²) in [5.74, 6) is 1.28. The number of nitrogens with zero attached hydrogens (tertiary/aromatic N) is 2. The standard InChI is InChI=1S/C22H28N4O2S.HI/c1-4-23-22(25-13-16-9-10-21(24-12-16)28-15(2)3)26-14-18(27)20-11-17-7-5-6-8-19(17)29-20;/h5-12,15,18,27H,4,13-14H2,1-3H3,(H2,23,25,26);1H. The Bertz CT molecular complexity index is 911. The van der Waals surface area contributed by atoms with Crippen LogP contribution in [0.2, 0.25) is 0 Å². The van der Waals surface area contributed by atoms with Gasteiger partial charge in [-0.15, -0.1) is 35.3 Å². The van der Waals surface area contributed by atoms with Crippen molar-refractivity contribution in [2.45, 2.75) is 39.5 Å². The summed E-state index contributed by atoms with van der Waals surface area (Å²) in [7, 11) is 0. The van der Waals surface area contributed by atoms with Crippen LogP contribution in [0.5, 0.6) is 5.88 Å². The number of hydrogen-bond donors (Lipinski definition) is 3. The number of halogens is 1. The zero-order chi connectivity index (χ0) is 20.6. The van der Waals surface area contributed by atoms with Crippen molar-refractivity contribution in [2.24, 2.45) is 4.99 Å². The predicted octanol–water partition coefficient (Wildman–Crippen LogP) is 4.49. The van der Waals surface area contributed by atoms with E-state index < -0.39 is 6.10 Å². The molecule has 1 unspecified atom stereocenters. The van der Waals surface area contributed by atoms with Gasteiger partial charge in [0.05, 0.1) is 12.6 Å². The van der Waals surface area contributed by atoms with Crippen molar-refractivity contribution in [1.82, 2.24) is 15.6 Å². The maximum atomic E-state index is 10.6. The van der Waals surface area contributed by atoms with E-state index in [1.165, 1.54) is 4.70 Å². The molecule has 0 bridgehead atoms. The van der Waals surface area contributed by atoms with Gasteiger partial charge in [0.1, 0.15) is 6.10 Å². The Labute approximate surface area is 198 Å². The first-order valence-corrected chi connectivity index (χ1v) is 10.7. The number of fused-ring (bicyclic) bond motifs is 1. The number of nitrogens with one attached hydrogen (secondary N) is 2. The number of aliphatic imine (C=N–C) groups is 1. The topological polar surface area (TPSA) is 78.8 Å². The molecule has 3 rings (SSSR count). The van der Waals surface area contributed by atoms with Crippen LogP contribution in [0.1, 0.15) is 37.3 Å². The minimum absolute atomic E-state index is 0. The van der Waals surface area contributed by atoms with Crippen LogP contribution in [0, 0.1) is 0 Å². The highest BCUT2D eigenvalue weighted by molar-refractivity contribution is 14.0. The summed E-state index contributed by atoms with van der Waals surface area (Å²) in [6, 6.07) is 14.0. The Morgan fingerprint density at radius 3 is 2.67 bits per heavy atom. The van der Waals surface area contributed by atoms with Crippen molar-refractivity contribution in [3.8, 4) is 5.88 Å². The number of benzene rings is 1. The molecule has 0 spiro atoms. The Morgan fingerprint density at radius 2 is 2.00 bits per heavy atom. The number of guanidine groups is 1. The van der Waals surface area contributed by atoms with Gasteiger partial charge < -0.3 is 20.5 Å². The number of rotatable bonds is 8. The summed E-state index contributed by atoms with van der Waals surface area (Å²) in [5.41, 5.74) is 0.989. The van der Waals surface area contributed by atoms with Gasteiger partial charge in [-0.25, -0.2) is 9.98 Å². The fraction of sp³-hybridized carbons (Fsp3) is 0.364. The van der Waals surface area contributed by atoms with E-state index in [9.17, 15) is 5.11 Å². The molecule has 0 saturated carbocycles. The van der Waals surface area contributed by atoms with Crippen molar-refractivity contribution < 1.29 is 9.84 Å². The van der Waals surface area contributed by atoms with Crippen molar-refractivity contribution in [3.05, 3.63) is 59.1 Å². The summed E-state index contributed by atoms with van der Waals surface area (Å²) < 4.78 is 6.74. The van der Waals surface area contributed by atoms with Gasteiger partial charge >= 0.3 is 0 Å². The van der Waals surface area contributed by atoms with Crippen molar-refractivity contribution in [2.75, 3.05) is 13.1 Å². The first-order chi connectivity index (χ1) is 14.0. The van der Waals surface area contributed by atoms with Crippen molar-refractivity contribution in [3.63, 3.8) is 0 Å². The second-order valence-corrected chi connectivity index (χ2v) is 8.07. The molecule has 3 aromatic rings. The average Bonchev–Trinajstić information content (AvgIpc) is 3.15. The molecule has 0 aliphatic heterocycles. The lowest BCUT2D eigenvalue weighted by atomic mass is 10.2. The van der Waals surface area contributed by atoms with Gasteiger partial charge in [-0.05, 0) is 43.9 Å². The van der Waals surface area contributed by atoms with Crippen LogP contribution in [0.25, 0.3) is 10.1 Å². The zero-order valence-electron chi connectivity index (χ0n) is 17.5. The molecule has 3 N–H and O–H groups in total. The number of thiophene rings is 1. The molecule has 0 aliphatic rings. The van der Waals surface area contributed by atoms with Gasteiger partial charge in [-0.2, -0.15) is 0 Å². The van der Waals surface area contributed by atoms with E-state index in [1.54, 1.807) is 17.5 Å². The first kappa shape index (κ1) is 24.4. The Kier molecular flexibility index (Phi) is 9.80. The van der Waals surface area contributed by atoms with Crippen LogP contribution in [-0.2, 0) is 6.54 Å². The predicted molar refractivity (Wildman–Crippen MR) is 135 cm³/mol. The highest BCUT2D eigenvalue weighted by Crippen LogP contribution is 2.29. The summed E-state index contributed by atoms with van der Waals surface area (Å²) in [6.07, 6.45) is 1.28. The van der Waals surface area contributed by atoms with Gasteiger partial charge in [0.25, 0.3) is 0 Å². The molecule has 30 heavy (non-hydrogen) atoms. The van der Waals surface area contributed by atoms with Crippen LogP contribution in [0.4, 0.5) is 0 Å². The van der Waals surface area contributed by atoms with Gasteiger partial charge in [0.2, 0.25) is 5.88 Å². The van der Waals surface area contributed by atoms with Crippen LogP contribution >= 0.6 is 35.3 Å². The van der Waals surface area contributed by atoms with E-state index in [0.717, 1.165) is 22.4 Å². The lowest BCUT2D eigenvalue weighted by Crippen LogP contribution is -2.39. The molecule has 6 nitrogen and oxygen atoms in total. The van der Waals surface area contributed by atoms with Crippen LogP contribution in [0.15, 0.2) is 53.7 Å². The third-order valence-electron chi connectivity index (χ3n) is 4.15. The SMILES string of the molecule is CCNC(=NCc1ccc(OC(C)C)nc1)NCC(O)c1cc2ccccc2s1.I. The summed E-state index contributed by atoms with van der Waals surface area (Å²) in [5, 5.41) is 18.2. The third-order valence-corrected chi connectivity index (χ3v) is 5.37. The molecule has 0 aliphatic carbocycles. The highest BCUT2D eigenvalue weighted by atomic mass is 127. The van der Waals surface area contributed by atoms with Gasteiger partial charge in [0, 0.05) is 34.9 Å². The maximum Gasteiger partial charge on any atom is 0.213 e. The average molecular weight is 540 g/mol. The Morgan fingerprint density at radius 1 is 1.20 bits per heavy atom. The van der Waals surface area contributed by atoms with Gasteiger partial charge in [-0.3, -0.25) is 0 Å². The molecule has 0 fully saturated rings. The number of ether oxygens (including phenoxy) is 1. The number of pyridine rings is 1. The number of aliphatic hydroxyl groups is 1. The van der Waals surface area contributed by atoms with E-state index in [0.29, 0.717) is 24.9 Å². The van der Waals surface area contributed by atoms with Gasteiger partial charge in [0.15, 0.2) is 5.96 Å². The monoisotopic (exact) mass is 540 g/mol. The maximum absolute atomic E-state index is 10.6. The molecule has 1 aromatic carbocycles. The lowest BCUT2D eigenvalue weighted by Gasteiger charge is -2.14. The molecule has 0 saturated heterocycles. The molecule has 8 heteroatoms. The van der Waals surface area contributed by atoms with E-state index in [4.69, 9.17) is 4.74 Å².